The van der Waals surface area contributed by atoms with Gasteiger partial charge in [-0.15, -0.1) is 11.3 Å². The van der Waals surface area contributed by atoms with Gasteiger partial charge in [0.05, 0.1) is 10.6 Å². The average Bonchev–Trinajstić information content (AvgIpc) is 3.29. The zero-order chi connectivity index (χ0) is 20.4. The quantitative estimate of drug-likeness (QED) is 0.426. The summed E-state index contributed by atoms with van der Waals surface area (Å²) in [7, 11) is 0. The molecular formula is C23H20ClN3OS. The predicted octanol–water partition coefficient (Wildman–Crippen LogP) is 6.05. The van der Waals surface area contributed by atoms with Crippen LogP contribution >= 0.6 is 22.9 Å². The van der Waals surface area contributed by atoms with E-state index in [1.54, 1.807) is 12.3 Å². The Balaban J connectivity index is 1.54. The van der Waals surface area contributed by atoms with E-state index in [4.69, 9.17) is 11.6 Å². The number of hydrogen-bond acceptors (Lipinski definition) is 3. The Bertz CT molecular complexity index is 1140. The van der Waals surface area contributed by atoms with Gasteiger partial charge in [-0.05, 0) is 49.7 Å². The Morgan fingerprint density at radius 2 is 1.79 bits per heavy atom. The normalized spacial score (nSPS) is 10.9. The second-order valence-corrected chi connectivity index (χ2v) is 8.39. The van der Waals surface area contributed by atoms with E-state index in [0.29, 0.717) is 15.7 Å². The summed E-state index contributed by atoms with van der Waals surface area (Å²) in [5.41, 5.74) is 4.74. The fourth-order valence-corrected chi connectivity index (χ4v) is 4.36. The summed E-state index contributed by atoms with van der Waals surface area (Å²) in [6.07, 6.45) is 2.59. The van der Waals surface area contributed by atoms with Crippen LogP contribution in [0.25, 0.3) is 5.69 Å². The van der Waals surface area contributed by atoms with Gasteiger partial charge in [-0.25, -0.2) is 4.98 Å². The molecule has 0 spiro atoms. The molecule has 4 nitrogen and oxygen atoms in total. The number of hydrogen-bond donors (Lipinski definition) is 1. The molecule has 1 N–H and O–H groups in total. The third-order valence-corrected chi connectivity index (χ3v) is 5.96. The highest BCUT2D eigenvalue weighted by molar-refractivity contribution is 7.15. The smallest absolute Gasteiger partial charge is 0.259 e. The topological polar surface area (TPSA) is 46.9 Å². The first-order valence-corrected chi connectivity index (χ1v) is 10.5. The molecule has 2 heterocycles. The average molecular weight is 422 g/mol. The standard InChI is InChI=1S/C23H20ClN3OS/c1-15-8-9-16(2)27(15)18-10-11-21(24)20(13-18)22(28)26-23-25-14-19(29-23)12-17-6-4-3-5-7-17/h3-11,13-14H,12H2,1-2H3,(H,25,26,28). The summed E-state index contributed by atoms with van der Waals surface area (Å²) in [6, 6.07) is 19.8. The minimum Gasteiger partial charge on any atom is -0.318 e. The molecule has 0 aliphatic rings. The second kappa shape index (κ2) is 8.23. The molecule has 0 bridgehead atoms. The summed E-state index contributed by atoms with van der Waals surface area (Å²) in [4.78, 5) is 18.3. The number of carbonyl (C=O) groups is 1. The van der Waals surface area contributed by atoms with E-state index in [9.17, 15) is 4.79 Å². The van der Waals surface area contributed by atoms with Gasteiger partial charge in [-0.3, -0.25) is 10.1 Å². The molecule has 2 aromatic heterocycles. The lowest BCUT2D eigenvalue weighted by Gasteiger charge is -2.12. The Morgan fingerprint density at radius 1 is 1.07 bits per heavy atom. The van der Waals surface area contributed by atoms with Crippen LogP contribution in [0, 0.1) is 13.8 Å². The van der Waals surface area contributed by atoms with Crippen molar-refractivity contribution in [3.8, 4) is 5.69 Å². The number of carbonyl (C=O) groups excluding carboxylic acids is 1. The van der Waals surface area contributed by atoms with E-state index in [0.717, 1.165) is 28.4 Å². The fraction of sp³-hybridized carbons (Fsp3) is 0.130. The number of nitrogens with one attached hydrogen (secondary N) is 1. The van der Waals surface area contributed by atoms with Crippen molar-refractivity contribution in [3.05, 3.63) is 99.3 Å². The van der Waals surface area contributed by atoms with Crippen molar-refractivity contribution < 1.29 is 4.79 Å². The molecule has 146 valence electrons. The van der Waals surface area contributed by atoms with E-state index in [1.807, 2.05) is 56.3 Å². The zero-order valence-corrected chi connectivity index (χ0v) is 17.7. The van der Waals surface area contributed by atoms with Crippen molar-refractivity contribution in [2.45, 2.75) is 20.3 Å². The van der Waals surface area contributed by atoms with Crippen molar-refractivity contribution >= 4 is 34.0 Å². The highest BCUT2D eigenvalue weighted by Crippen LogP contribution is 2.26. The third kappa shape index (κ3) is 4.26. The van der Waals surface area contributed by atoms with E-state index < -0.39 is 0 Å². The lowest BCUT2D eigenvalue weighted by molar-refractivity contribution is 0.102. The van der Waals surface area contributed by atoms with Crippen LogP contribution in [-0.4, -0.2) is 15.5 Å². The molecule has 2 aromatic carbocycles. The molecule has 29 heavy (non-hydrogen) atoms. The molecule has 0 aliphatic heterocycles. The van der Waals surface area contributed by atoms with Crippen LogP contribution < -0.4 is 5.32 Å². The molecular weight excluding hydrogens is 402 g/mol. The number of benzene rings is 2. The van der Waals surface area contributed by atoms with Crippen molar-refractivity contribution in [1.82, 2.24) is 9.55 Å². The van der Waals surface area contributed by atoms with Crippen molar-refractivity contribution in [3.63, 3.8) is 0 Å². The number of amides is 1. The van der Waals surface area contributed by atoms with E-state index in [2.05, 4.69) is 27.0 Å². The summed E-state index contributed by atoms with van der Waals surface area (Å²) in [5.74, 6) is -0.264. The molecule has 0 radical (unpaired) electrons. The Morgan fingerprint density at radius 3 is 2.52 bits per heavy atom. The maximum absolute atomic E-state index is 12.9. The third-order valence-electron chi connectivity index (χ3n) is 4.72. The lowest BCUT2D eigenvalue weighted by atomic mass is 10.1. The van der Waals surface area contributed by atoms with E-state index in [-0.39, 0.29) is 5.91 Å². The molecule has 1 amide bonds. The van der Waals surface area contributed by atoms with Gasteiger partial charge in [0.25, 0.3) is 5.91 Å². The van der Waals surface area contributed by atoms with Crippen molar-refractivity contribution in [2.24, 2.45) is 0 Å². The first kappa shape index (κ1) is 19.4. The Hall–Kier alpha value is -2.89. The minimum atomic E-state index is -0.264. The van der Waals surface area contributed by atoms with Gasteiger partial charge in [0.15, 0.2) is 5.13 Å². The number of aromatic nitrogens is 2. The first-order valence-electron chi connectivity index (χ1n) is 9.26. The largest absolute Gasteiger partial charge is 0.318 e. The molecule has 0 saturated heterocycles. The molecule has 6 heteroatoms. The van der Waals surface area contributed by atoms with Crippen LogP contribution in [0.1, 0.15) is 32.2 Å². The van der Waals surface area contributed by atoms with Gasteiger partial charge in [-0.1, -0.05) is 41.9 Å². The van der Waals surface area contributed by atoms with Crippen LogP contribution in [0.3, 0.4) is 0 Å². The van der Waals surface area contributed by atoms with Crippen LogP contribution in [0.5, 0.6) is 0 Å². The summed E-state index contributed by atoms with van der Waals surface area (Å²) < 4.78 is 2.09. The van der Waals surface area contributed by atoms with Gasteiger partial charge in [0.1, 0.15) is 0 Å². The molecule has 4 rings (SSSR count). The number of thiazole rings is 1. The molecule has 0 atom stereocenters. The lowest BCUT2D eigenvalue weighted by Crippen LogP contribution is -2.13. The monoisotopic (exact) mass is 421 g/mol. The highest BCUT2D eigenvalue weighted by atomic mass is 35.5. The Labute approximate surface area is 178 Å². The first-order chi connectivity index (χ1) is 14.0. The number of anilines is 1. The van der Waals surface area contributed by atoms with Gasteiger partial charge in [0, 0.05) is 34.6 Å². The zero-order valence-electron chi connectivity index (χ0n) is 16.1. The molecule has 4 aromatic rings. The van der Waals surface area contributed by atoms with Crippen LogP contribution in [0.2, 0.25) is 5.02 Å². The number of halogens is 1. The maximum atomic E-state index is 12.9. The summed E-state index contributed by atoms with van der Waals surface area (Å²) >= 11 is 7.80. The Kier molecular flexibility index (Phi) is 5.51. The van der Waals surface area contributed by atoms with Gasteiger partial charge in [-0.2, -0.15) is 0 Å². The SMILES string of the molecule is Cc1ccc(C)n1-c1ccc(Cl)c(C(=O)Nc2ncc(Cc3ccccc3)s2)c1. The summed E-state index contributed by atoms with van der Waals surface area (Å²) in [6.45, 7) is 4.07. The number of rotatable bonds is 5. The second-order valence-electron chi connectivity index (χ2n) is 6.86. The van der Waals surface area contributed by atoms with Crippen molar-refractivity contribution in [2.75, 3.05) is 5.32 Å². The van der Waals surface area contributed by atoms with Gasteiger partial charge in [0.2, 0.25) is 0 Å². The number of nitrogens with zero attached hydrogens (tertiary/aromatic N) is 2. The molecule has 0 saturated carbocycles. The van der Waals surface area contributed by atoms with Crippen LogP contribution in [0.4, 0.5) is 5.13 Å². The number of aryl methyl sites for hydroxylation is 2. The van der Waals surface area contributed by atoms with E-state index >= 15 is 0 Å². The molecule has 0 aliphatic carbocycles. The van der Waals surface area contributed by atoms with Gasteiger partial charge < -0.3 is 4.57 Å². The molecule has 0 fully saturated rings. The van der Waals surface area contributed by atoms with Crippen molar-refractivity contribution in [1.29, 1.82) is 0 Å². The maximum Gasteiger partial charge on any atom is 0.259 e. The highest BCUT2D eigenvalue weighted by Gasteiger charge is 2.15. The minimum absolute atomic E-state index is 0.264. The summed E-state index contributed by atoms with van der Waals surface area (Å²) in [5, 5.41) is 3.86. The van der Waals surface area contributed by atoms with Crippen LogP contribution in [-0.2, 0) is 6.42 Å². The van der Waals surface area contributed by atoms with Crippen LogP contribution in [0.15, 0.2) is 66.9 Å². The fourth-order valence-electron chi connectivity index (χ4n) is 3.31. The predicted molar refractivity (Wildman–Crippen MR) is 120 cm³/mol. The van der Waals surface area contributed by atoms with Gasteiger partial charge >= 0.3 is 0 Å². The van der Waals surface area contributed by atoms with E-state index in [1.165, 1.54) is 16.9 Å². The molecule has 0 unspecified atom stereocenters.